The maximum atomic E-state index is 7.20. The Balaban J connectivity index is 2.98. The van der Waals surface area contributed by atoms with E-state index in [-0.39, 0.29) is 5.84 Å². The Morgan fingerprint density at radius 3 is 2.92 bits per heavy atom. The van der Waals surface area contributed by atoms with Crippen molar-refractivity contribution in [3.05, 3.63) is 18.0 Å². The highest BCUT2D eigenvalue weighted by Gasteiger charge is 2.04. The lowest BCUT2D eigenvalue weighted by Crippen LogP contribution is -2.21. The number of nitrogens with two attached hydrogens (primary N) is 1. The first-order chi connectivity index (χ1) is 6.15. The van der Waals surface area contributed by atoms with E-state index in [1.807, 2.05) is 18.9 Å². The van der Waals surface area contributed by atoms with Crippen LogP contribution in [0.15, 0.2) is 12.3 Å². The van der Waals surface area contributed by atoms with E-state index >= 15 is 0 Å². The van der Waals surface area contributed by atoms with Crippen LogP contribution in [0.4, 0.5) is 5.95 Å². The van der Waals surface area contributed by atoms with Crippen LogP contribution in [-0.2, 0) is 0 Å². The standard InChI is InChI=1S/C8H13N5/c1-3-13(2)8-11-5-4-6(12-8)7(9)10/h4-5H,3H2,1-2H3,(H3,9,10). The van der Waals surface area contributed by atoms with E-state index in [1.165, 1.54) is 0 Å². The van der Waals surface area contributed by atoms with Gasteiger partial charge in [-0.15, -0.1) is 0 Å². The van der Waals surface area contributed by atoms with Gasteiger partial charge in [-0.1, -0.05) is 0 Å². The molecule has 1 rings (SSSR count). The molecule has 0 aliphatic rings. The van der Waals surface area contributed by atoms with Gasteiger partial charge < -0.3 is 10.6 Å². The van der Waals surface area contributed by atoms with Crippen LogP contribution < -0.4 is 10.6 Å². The lowest BCUT2D eigenvalue weighted by Gasteiger charge is -2.13. The van der Waals surface area contributed by atoms with Gasteiger partial charge >= 0.3 is 0 Å². The van der Waals surface area contributed by atoms with E-state index in [2.05, 4.69) is 9.97 Å². The molecule has 0 aliphatic carbocycles. The highest BCUT2D eigenvalue weighted by Crippen LogP contribution is 2.03. The van der Waals surface area contributed by atoms with Gasteiger partial charge in [-0.25, -0.2) is 9.97 Å². The molecule has 1 heterocycles. The minimum atomic E-state index is -0.0341. The van der Waals surface area contributed by atoms with Crippen molar-refractivity contribution in [3.8, 4) is 0 Å². The largest absolute Gasteiger partial charge is 0.382 e. The summed E-state index contributed by atoms with van der Waals surface area (Å²) in [5.74, 6) is 0.559. The van der Waals surface area contributed by atoms with Gasteiger partial charge in [0.05, 0.1) is 0 Å². The summed E-state index contributed by atoms with van der Waals surface area (Å²) in [5, 5.41) is 7.20. The van der Waals surface area contributed by atoms with Crippen molar-refractivity contribution in [2.45, 2.75) is 6.92 Å². The highest BCUT2D eigenvalue weighted by molar-refractivity contribution is 5.93. The van der Waals surface area contributed by atoms with Crippen LogP contribution in [0.5, 0.6) is 0 Å². The van der Waals surface area contributed by atoms with Crippen LogP contribution in [0.1, 0.15) is 12.6 Å². The monoisotopic (exact) mass is 179 g/mol. The molecule has 0 saturated heterocycles. The maximum Gasteiger partial charge on any atom is 0.225 e. The fourth-order valence-electron chi connectivity index (χ4n) is 0.824. The molecule has 0 spiro atoms. The fraction of sp³-hybridized carbons (Fsp3) is 0.375. The predicted molar refractivity (Wildman–Crippen MR) is 52.0 cm³/mol. The molecule has 70 valence electrons. The molecule has 0 aliphatic heterocycles. The Morgan fingerprint density at radius 1 is 1.69 bits per heavy atom. The average Bonchev–Trinajstić information content (AvgIpc) is 2.17. The Kier molecular flexibility index (Phi) is 2.79. The molecular weight excluding hydrogens is 166 g/mol. The molecule has 0 bridgehead atoms. The van der Waals surface area contributed by atoms with Gasteiger partial charge in [0.2, 0.25) is 5.95 Å². The third kappa shape index (κ3) is 2.14. The molecule has 3 N–H and O–H groups in total. The second-order valence-electron chi connectivity index (χ2n) is 2.67. The van der Waals surface area contributed by atoms with E-state index in [0.717, 1.165) is 6.54 Å². The van der Waals surface area contributed by atoms with Crippen molar-refractivity contribution in [2.24, 2.45) is 5.73 Å². The number of nitrogens with zero attached hydrogens (tertiary/aromatic N) is 3. The first kappa shape index (κ1) is 9.44. The third-order valence-electron chi connectivity index (χ3n) is 1.73. The SMILES string of the molecule is CCN(C)c1nccc(C(=N)N)n1. The number of nitrogens with one attached hydrogen (secondary N) is 1. The minimum absolute atomic E-state index is 0.0341. The number of hydrogen-bond donors (Lipinski definition) is 2. The molecule has 0 atom stereocenters. The van der Waals surface area contributed by atoms with Gasteiger partial charge in [0.25, 0.3) is 0 Å². The van der Waals surface area contributed by atoms with Crippen molar-refractivity contribution < 1.29 is 0 Å². The second-order valence-corrected chi connectivity index (χ2v) is 2.67. The van der Waals surface area contributed by atoms with E-state index in [1.54, 1.807) is 12.3 Å². The molecule has 0 unspecified atom stereocenters. The fourth-order valence-corrected chi connectivity index (χ4v) is 0.824. The Hall–Kier alpha value is -1.65. The molecule has 0 saturated carbocycles. The van der Waals surface area contributed by atoms with E-state index in [0.29, 0.717) is 11.6 Å². The lowest BCUT2D eigenvalue weighted by atomic mass is 10.4. The number of rotatable bonds is 3. The van der Waals surface area contributed by atoms with Crippen molar-refractivity contribution >= 4 is 11.8 Å². The van der Waals surface area contributed by atoms with Crippen molar-refractivity contribution in [1.82, 2.24) is 9.97 Å². The summed E-state index contributed by atoms with van der Waals surface area (Å²) in [7, 11) is 1.89. The summed E-state index contributed by atoms with van der Waals surface area (Å²) < 4.78 is 0. The van der Waals surface area contributed by atoms with Crippen LogP contribution in [0, 0.1) is 5.41 Å². The number of nitrogen functional groups attached to an aromatic ring is 1. The molecule has 0 radical (unpaired) electrons. The van der Waals surface area contributed by atoms with Gasteiger partial charge in [0.1, 0.15) is 11.5 Å². The van der Waals surface area contributed by atoms with Crippen molar-refractivity contribution in [1.29, 1.82) is 5.41 Å². The molecule has 0 amide bonds. The minimum Gasteiger partial charge on any atom is -0.382 e. The summed E-state index contributed by atoms with van der Waals surface area (Å²) >= 11 is 0. The molecule has 1 aromatic heterocycles. The zero-order valence-corrected chi connectivity index (χ0v) is 7.78. The predicted octanol–water partition coefficient (Wildman–Crippen LogP) is 0.217. The summed E-state index contributed by atoms with van der Waals surface area (Å²) in [5.41, 5.74) is 5.76. The van der Waals surface area contributed by atoms with E-state index in [4.69, 9.17) is 11.1 Å². The molecule has 0 fully saturated rings. The van der Waals surface area contributed by atoms with Gasteiger partial charge in [0, 0.05) is 19.8 Å². The number of hydrogen-bond acceptors (Lipinski definition) is 4. The second kappa shape index (κ2) is 3.84. The van der Waals surface area contributed by atoms with Crippen LogP contribution >= 0.6 is 0 Å². The van der Waals surface area contributed by atoms with Gasteiger partial charge in [-0.2, -0.15) is 0 Å². The topological polar surface area (TPSA) is 78.9 Å². The van der Waals surface area contributed by atoms with E-state index in [9.17, 15) is 0 Å². The van der Waals surface area contributed by atoms with Crippen molar-refractivity contribution in [2.75, 3.05) is 18.5 Å². The zero-order valence-electron chi connectivity index (χ0n) is 7.78. The first-order valence-electron chi connectivity index (χ1n) is 4.03. The molecule has 5 nitrogen and oxygen atoms in total. The Bertz CT molecular complexity index is 309. The summed E-state index contributed by atoms with van der Waals surface area (Å²) in [6.07, 6.45) is 1.60. The normalized spacial score (nSPS) is 9.69. The van der Waals surface area contributed by atoms with Crippen LogP contribution in [0.3, 0.4) is 0 Å². The number of aromatic nitrogens is 2. The molecule has 1 aromatic rings. The third-order valence-corrected chi connectivity index (χ3v) is 1.73. The van der Waals surface area contributed by atoms with Crippen molar-refractivity contribution in [3.63, 3.8) is 0 Å². The maximum absolute atomic E-state index is 7.20. The van der Waals surface area contributed by atoms with Gasteiger partial charge in [-0.05, 0) is 13.0 Å². The van der Waals surface area contributed by atoms with Crippen LogP contribution in [-0.4, -0.2) is 29.4 Å². The summed E-state index contributed by atoms with van der Waals surface area (Å²) in [6, 6.07) is 1.62. The lowest BCUT2D eigenvalue weighted by molar-refractivity contribution is 0.898. The Morgan fingerprint density at radius 2 is 2.38 bits per heavy atom. The average molecular weight is 179 g/mol. The zero-order chi connectivity index (χ0) is 9.84. The van der Waals surface area contributed by atoms with Gasteiger partial charge in [0.15, 0.2) is 0 Å². The molecule has 0 aromatic carbocycles. The van der Waals surface area contributed by atoms with Crippen LogP contribution in [0.2, 0.25) is 0 Å². The summed E-state index contributed by atoms with van der Waals surface area (Å²) in [4.78, 5) is 10.0. The van der Waals surface area contributed by atoms with E-state index < -0.39 is 0 Å². The molecular formula is C8H13N5. The highest BCUT2D eigenvalue weighted by atomic mass is 15.2. The first-order valence-corrected chi connectivity index (χ1v) is 4.03. The number of amidine groups is 1. The molecule has 5 heteroatoms. The van der Waals surface area contributed by atoms with Crippen LogP contribution in [0.25, 0.3) is 0 Å². The smallest absolute Gasteiger partial charge is 0.225 e. The summed E-state index contributed by atoms with van der Waals surface area (Å²) in [6.45, 7) is 2.82. The number of anilines is 1. The molecule has 13 heavy (non-hydrogen) atoms. The Labute approximate surface area is 77.1 Å². The quantitative estimate of drug-likeness (QED) is 0.513. The van der Waals surface area contributed by atoms with Gasteiger partial charge in [-0.3, -0.25) is 5.41 Å².